The fourth-order valence-electron chi connectivity index (χ4n) is 2.84. The number of rotatable bonds is 3. The van der Waals surface area contributed by atoms with Gasteiger partial charge in [0, 0.05) is 6.42 Å². The van der Waals surface area contributed by atoms with Crippen molar-refractivity contribution in [2.24, 2.45) is 5.92 Å². The number of allylic oxidation sites excluding steroid dienone is 2. The summed E-state index contributed by atoms with van der Waals surface area (Å²) in [6, 6.07) is 2.32. The van der Waals surface area contributed by atoms with Crippen molar-refractivity contribution in [1.29, 1.82) is 5.26 Å². The zero-order chi connectivity index (χ0) is 12.1. The lowest BCUT2D eigenvalue weighted by molar-refractivity contribution is -0.123. The van der Waals surface area contributed by atoms with Gasteiger partial charge in [0.05, 0.1) is 6.07 Å². The zero-order valence-corrected chi connectivity index (χ0v) is 10.2. The summed E-state index contributed by atoms with van der Waals surface area (Å²) in [5.41, 5.74) is -0.572. The van der Waals surface area contributed by atoms with Crippen LogP contribution < -0.4 is 5.32 Å². The van der Waals surface area contributed by atoms with E-state index in [1.807, 2.05) is 0 Å². The molecule has 1 saturated carbocycles. The highest BCUT2D eigenvalue weighted by Gasteiger charge is 2.33. The molecule has 0 aliphatic heterocycles. The second kappa shape index (κ2) is 5.35. The zero-order valence-electron chi connectivity index (χ0n) is 10.2. The van der Waals surface area contributed by atoms with Gasteiger partial charge in [-0.2, -0.15) is 5.26 Å². The first-order valence-corrected chi connectivity index (χ1v) is 6.63. The van der Waals surface area contributed by atoms with Crippen LogP contribution in [0.4, 0.5) is 0 Å². The average Bonchev–Trinajstić information content (AvgIpc) is 2.83. The number of carbonyl (C=O) groups excluding carboxylic acids is 1. The van der Waals surface area contributed by atoms with Gasteiger partial charge in [0.1, 0.15) is 5.54 Å². The Bertz CT molecular complexity index is 348. The van der Waals surface area contributed by atoms with Gasteiger partial charge in [0.2, 0.25) is 5.91 Å². The van der Waals surface area contributed by atoms with Gasteiger partial charge < -0.3 is 5.32 Å². The average molecular weight is 232 g/mol. The molecule has 2 aliphatic carbocycles. The molecule has 2 rings (SSSR count). The van der Waals surface area contributed by atoms with Crippen LogP contribution in [0, 0.1) is 17.2 Å². The van der Waals surface area contributed by atoms with E-state index < -0.39 is 5.54 Å². The molecule has 0 aromatic carbocycles. The summed E-state index contributed by atoms with van der Waals surface area (Å²) < 4.78 is 0. The third-order valence-electron chi connectivity index (χ3n) is 3.86. The van der Waals surface area contributed by atoms with Crippen molar-refractivity contribution in [3.63, 3.8) is 0 Å². The number of amides is 1. The van der Waals surface area contributed by atoms with Crippen molar-refractivity contribution >= 4 is 5.91 Å². The summed E-state index contributed by atoms with van der Waals surface area (Å²) in [4.78, 5) is 11.9. The molecule has 0 aromatic heterocycles. The summed E-state index contributed by atoms with van der Waals surface area (Å²) in [5, 5.41) is 12.2. The number of nitriles is 1. The van der Waals surface area contributed by atoms with E-state index >= 15 is 0 Å². The fraction of sp³-hybridized carbons (Fsp3) is 0.714. The molecule has 1 fully saturated rings. The van der Waals surface area contributed by atoms with Gasteiger partial charge in [-0.1, -0.05) is 31.4 Å². The Morgan fingerprint density at radius 2 is 2.18 bits per heavy atom. The highest BCUT2D eigenvalue weighted by Crippen LogP contribution is 2.28. The second-order valence-corrected chi connectivity index (χ2v) is 5.27. The van der Waals surface area contributed by atoms with Crippen LogP contribution in [-0.2, 0) is 4.79 Å². The molecule has 0 spiro atoms. The van der Waals surface area contributed by atoms with Crippen LogP contribution in [0.25, 0.3) is 0 Å². The standard InChI is InChI=1S/C14H20N2O/c15-11-14(8-4-1-5-9-14)16-13(17)10-12-6-2-3-7-12/h2,6,12H,1,3-5,7-10H2,(H,16,17). The summed E-state index contributed by atoms with van der Waals surface area (Å²) >= 11 is 0. The highest BCUT2D eigenvalue weighted by atomic mass is 16.1. The van der Waals surface area contributed by atoms with E-state index in [-0.39, 0.29) is 5.91 Å². The quantitative estimate of drug-likeness (QED) is 0.761. The Balaban J connectivity index is 1.87. The normalized spacial score (nSPS) is 26.4. The smallest absolute Gasteiger partial charge is 0.221 e. The number of hydrogen-bond donors (Lipinski definition) is 1. The van der Waals surface area contributed by atoms with E-state index in [1.165, 1.54) is 6.42 Å². The number of hydrogen-bond acceptors (Lipinski definition) is 2. The molecule has 1 atom stereocenters. The minimum absolute atomic E-state index is 0.0463. The predicted molar refractivity (Wildman–Crippen MR) is 66.1 cm³/mol. The van der Waals surface area contributed by atoms with Gasteiger partial charge >= 0.3 is 0 Å². The Morgan fingerprint density at radius 1 is 1.41 bits per heavy atom. The van der Waals surface area contributed by atoms with Crippen molar-refractivity contribution in [3.05, 3.63) is 12.2 Å². The minimum Gasteiger partial charge on any atom is -0.338 e. The van der Waals surface area contributed by atoms with Gasteiger partial charge in [0.25, 0.3) is 0 Å². The van der Waals surface area contributed by atoms with Crippen molar-refractivity contribution in [3.8, 4) is 6.07 Å². The van der Waals surface area contributed by atoms with Gasteiger partial charge in [0.15, 0.2) is 0 Å². The molecule has 3 heteroatoms. The molecular formula is C14H20N2O. The molecule has 1 N–H and O–H groups in total. The van der Waals surface area contributed by atoms with Crippen LogP contribution in [0.1, 0.15) is 51.4 Å². The molecule has 0 bridgehead atoms. The molecule has 0 aromatic rings. The first kappa shape index (κ1) is 12.2. The highest BCUT2D eigenvalue weighted by molar-refractivity contribution is 5.77. The second-order valence-electron chi connectivity index (χ2n) is 5.27. The van der Waals surface area contributed by atoms with Gasteiger partial charge in [-0.05, 0) is 31.6 Å². The summed E-state index contributed by atoms with van der Waals surface area (Å²) in [6.07, 6.45) is 11.9. The Morgan fingerprint density at radius 3 is 2.76 bits per heavy atom. The van der Waals surface area contributed by atoms with Gasteiger partial charge in [-0.25, -0.2) is 0 Å². The first-order valence-electron chi connectivity index (χ1n) is 6.63. The van der Waals surface area contributed by atoms with Crippen LogP contribution in [-0.4, -0.2) is 11.4 Å². The van der Waals surface area contributed by atoms with Gasteiger partial charge in [-0.3, -0.25) is 4.79 Å². The van der Waals surface area contributed by atoms with Crippen LogP contribution in [0.15, 0.2) is 12.2 Å². The maximum atomic E-state index is 11.9. The number of nitrogens with zero attached hydrogens (tertiary/aromatic N) is 1. The third kappa shape index (κ3) is 3.09. The Kier molecular flexibility index (Phi) is 3.83. The monoisotopic (exact) mass is 232 g/mol. The molecule has 17 heavy (non-hydrogen) atoms. The van der Waals surface area contributed by atoms with Crippen LogP contribution in [0.3, 0.4) is 0 Å². The molecule has 3 nitrogen and oxygen atoms in total. The molecule has 92 valence electrons. The van der Waals surface area contributed by atoms with Crippen LogP contribution in [0.5, 0.6) is 0 Å². The lowest BCUT2D eigenvalue weighted by Gasteiger charge is -2.31. The predicted octanol–water partition coefficient (Wildman–Crippen LogP) is 2.69. The van der Waals surface area contributed by atoms with Crippen LogP contribution in [0.2, 0.25) is 0 Å². The lowest BCUT2D eigenvalue weighted by Crippen LogP contribution is -2.48. The number of nitrogens with one attached hydrogen (secondary N) is 1. The van der Waals surface area contributed by atoms with Gasteiger partial charge in [-0.15, -0.1) is 0 Å². The molecular weight excluding hydrogens is 212 g/mol. The topological polar surface area (TPSA) is 52.9 Å². The molecule has 0 radical (unpaired) electrons. The maximum Gasteiger partial charge on any atom is 0.221 e. The molecule has 2 aliphatic rings. The summed E-state index contributed by atoms with van der Waals surface area (Å²) in [6.45, 7) is 0. The van der Waals surface area contributed by atoms with Crippen molar-refractivity contribution < 1.29 is 4.79 Å². The number of carbonyl (C=O) groups is 1. The fourth-order valence-corrected chi connectivity index (χ4v) is 2.84. The SMILES string of the molecule is N#CC1(NC(=O)CC2C=CCC2)CCCCC1. The van der Waals surface area contributed by atoms with E-state index in [2.05, 4.69) is 23.5 Å². The van der Waals surface area contributed by atoms with Crippen molar-refractivity contribution in [1.82, 2.24) is 5.32 Å². The van der Waals surface area contributed by atoms with E-state index in [0.717, 1.165) is 38.5 Å². The molecule has 0 heterocycles. The molecule has 1 unspecified atom stereocenters. The Hall–Kier alpha value is -1.30. The Labute approximate surface area is 103 Å². The van der Waals surface area contributed by atoms with E-state index in [0.29, 0.717) is 12.3 Å². The lowest BCUT2D eigenvalue weighted by atomic mass is 9.82. The van der Waals surface area contributed by atoms with E-state index in [9.17, 15) is 10.1 Å². The minimum atomic E-state index is -0.572. The molecule has 0 saturated heterocycles. The van der Waals surface area contributed by atoms with E-state index in [1.54, 1.807) is 0 Å². The largest absolute Gasteiger partial charge is 0.338 e. The van der Waals surface area contributed by atoms with Crippen molar-refractivity contribution in [2.75, 3.05) is 0 Å². The van der Waals surface area contributed by atoms with Crippen LogP contribution >= 0.6 is 0 Å². The summed E-state index contributed by atoms with van der Waals surface area (Å²) in [5.74, 6) is 0.430. The first-order chi connectivity index (χ1) is 8.24. The third-order valence-corrected chi connectivity index (χ3v) is 3.86. The van der Waals surface area contributed by atoms with Crippen molar-refractivity contribution in [2.45, 2.75) is 56.9 Å². The maximum absolute atomic E-state index is 11.9. The molecule has 1 amide bonds. The summed E-state index contributed by atoms with van der Waals surface area (Å²) in [7, 11) is 0. The van der Waals surface area contributed by atoms with E-state index in [4.69, 9.17) is 0 Å².